The number of aromatic nitrogens is 1. The lowest BCUT2D eigenvalue weighted by molar-refractivity contribution is 0.277. The number of nitrogens with zero attached hydrogens (tertiary/aromatic N) is 1. The first kappa shape index (κ1) is 12.0. The van der Waals surface area contributed by atoms with Crippen LogP contribution in [0.4, 0.5) is 0 Å². The van der Waals surface area contributed by atoms with E-state index in [1.54, 1.807) is 0 Å². The third kappa shape index (κ3) is 2.30. The Morgan fingerprint density at radius 1 is 1.18 bits per heavy atom. The van der Waals surface area contributed by atoms with Gasteiger partial charge in [-0.25, -0.2) is 0 Å². The van der Waals surface area contributed by atoms with Gasteiger partial charge in [-0.2, -0.15) is 0 Å². The molecule has 0 radical (unpaired) electrons. The molecule has 1 aromatic heterocycles. The highest BCUT2D eigenvalue weighted by atomic mass is 15.2. The number of fused-ring (bicyclic) bond motifs is 1. The van der Waals surface area contributed by atoms with Crippen molar-refractivity contribution in [2.75, 3.05) is 0 Å². The summed E-state index contributed by atoms with van der Waals surface area (Å²) in [6.45, 7) is 6.52. The first-order chi connectivity index (χ1) is 8.04. The normalized spacial score (nSPS) is 13.9. The van der Waals surface area contributed by atoms with Gasteiger partial charge in [0.2, 0.25) is 0 Å². The van der Waals surface area contributed by atoms with Crippen molar-refractivity contribution in [3.63, 3.8) is 0 Å². The molecule has 0 aliphatic heterocycles. The van der Waals surface area contributed by atoms with Crippen LogP contribution in [-0.2, 0) is 0 Å². The van der Waals surface area contributed by atoms with Crippen LogP contribution in [0.3, 0.4) is 0 Å². The van der Waals surface area contributed by atoms with Crippen molar-refractivity contribution in [3.8, 4) is 0 Å². The Morgan fingerprint density at radius 3 is 2.59 bits per heavy atom. The topological polar surface area (TPSA) is 50.9 Å². The van der Waals surface area contributed by atoms with E-state index < -0.39 is 0 Å². The van der Waals surface area contributed by atoms with Crippen molar-refractivity contribution in [2.45, 2.75) is 26.8 Å². The number of rotatable bonds is 2. The van der Waals surface area contributed by atoms with Gasteiger partial charge in [-0.05, 0) is 23.1 Å². The predicted molar refractivity (Wildman–Crippen MR) is 71.3 cm³/mol. The summed E-state index contributed by atoms with van der Waals surface area (Å²) in [5.74, 6) is 5.71. The zero-order chi connectivity index (χ0) is 12.5. The van der Waals surface area contributed by atoms with Gasteiger partial charge >= 0.3 is 0 Å². The molecule has 2 aromatic rings. The molecule has 0 aliphatic carbocycles. The lowest BCUT2D eigenvalue weighted by Gasteiger charge is -2.31. The Labute approximate surface area is 102 Å². The lowest BCUT2D eigenvalue weighted by Crippen LogP contribution is -2.37. The number of pyridine rings is 1. The molecule has 0 saturated heterocycles. The Morgan fingerprint density at radius 2 is 1.94 bits per heavy atom. The molecule has 0 aliphatic rings. The Hall–Kier alpha value is -1.45. The molecule has 1 unspecified atom stereocenters. The molecule has 0 amide bonds. The highest BCUT2D eigenvalue weighted by molar-refractivity contribution is 5.82. The standard InChI is InChI=1S/C14H19N3/c1-14(2,3)13(17-15)11-6-4-8-12-10(11)7-5-9-16-12/h4-9,13,17H,15H2,1-3H3. The average molecular weight is 229 g/mol. The van der Waals surface area contributed by atoms with Gasteiger partial charge in [0.15, 0.2) is 0 Å². The molecule has 1 heterocycles. The van der Waals surface area contributed by atoms with Gasteiger partial charge in [0, 0.05) is 11.6 Å². The number of nitrogens with two attached hydrogens (primary N) is 1. The molecule has 2 rings (SSSR count). The summed E-state index contributed by atoms with van der Waals surface area (Å²) >= 11 is 0. The number of nitrogens with one attached hydrogen (secondary N) is 1. The summed E-state index contributed by atoms with van der Waals surface area (Å²) in [5.41, 5.74) is 5.19. The first-order valence-corrected chi connectivity index (χ1v) is 5.84. The molecule has 1 aromatic carbocycles. The largest absolute Gasteiger partial charge is 0.271 e. The van der Waals surface area contributed by atoms with Crippen LogP contribution in [0.25, 0.3) is 10.9 Å². The number of benzene rings is 1. The van der Waals surface area contributed by atoms with Gasteiger partial charge in [0.05, 0.1) is 11.6 Å². The summed E-state index contributed by atoms with van der Waals surface area (Å²) < 4.78 is 0. The van der Waals surface area contributed by atoms with Crippen molar-refractivity contribution in [1.29, 1.82) is 0 Å². The molecule has 0 bridgehead atoms. The zero-order valence-electron chi connectivity index (χ0n) is 10.6. The van der Waals surface area contributed by atoms with Crippen molar-refractivity contribution in [2.24, 2.45) is 11.3 Å². The molecule has 0 spiro atoms. The highest BCUT2D eigenvalue weighted by Crippen LogP contribution is 2.35. The van der Waals surface area contributed by atoms with Crippen LogP contribution < -0.4 is 11.3 Å². The fourth-order valence-corrected chi connectivity index (χ4v) is 2.19. The SMILES string of the molecule is CC(C)(C)C(NN)c1cccc2ncccc12. The second-order valence-electron chi connectivity index (χ2n) is 5.38. The van der Waals surface area contributed by atoms with Crippen molar-refractivity contribution in [3.05, 3.63) is 42.1 Å². The van der Waals surface area contributed by atoms with Gasteiger partial charge in [0.1, 0.15) is 0 Å². The van der Waals surface area contributed by atoms with Crippen molar-refractivity contribution >= 4 is 10.9 Å². The first-order valence-electron chi connectivity index (χ1n) is 5.84. The summed E-state index contributed by atoms with van der Waals surface area (Å²) in [5, 5.41) is 1.16. The van der Waals surface area contributed by atoms with E-state index in [-0.39, 0.29) is 11.5 Å². The van der Waals surface area contributed by atoms with Crippen LogP contribution in [0.2, 0.25) is 0 Å². The Kier molecular flexibility index (Phi) is 3.13. The quantitative estimate of drug-likeness (QED) is 0.615. The van der Waals surface area contributed by atoms with E-state index in [0.29, 0.717) is 0 Å². The molecule has 1 atom stereocenters. The maximum atomic E-state index is 5.71. The van der Waals surface area contributed by atoms with Gasteiger partial charge in [-0.15, -0.1) is 0 Å². The van der Waals surface area contributed by atoms with Crippen molar-refractivity contribution < 1.29 is 0 Å². The third-order valence-electron chi connectivity index (χ3n) is 3.02. The molecule has 0 fully saturated rings. The maximum absolute atomic E-state index is 5.71. The van der Waals surface area contributed by atoms with Gasteiger partial charge < -0.3 is 0 Å². The molecule has 0 saturated carbocycles. The van der Waals surface area contributed by atoms with E-state index in [2.05, 4.69) is 43.3 Å². The molecule has 3 nitrogen and oxygen atoms in total. The zero-order valence-corrected chi connectivity index (χ0v) is 10.6. The van der Waals surface area contributed by atoms with Gasteiger partial charge in [-0.3, -0.25) is 16.3 Å². The Balaban J connectivity index is 2.62. The molecular weight excluding hydrogens is 210 g/mol. The van der Waals surface area contributed by atoms with Gasteiger partial charge in [0.25, 0.3) is 0 Å². The highest BCUT2D eigenvalue weighted by Gasteiger charge is 2.26. The van der Waals surface area contributed by atoms with E-state index in [4.69, 9.17) is 5.84 Å². The van der Waals surface area contributed by atoms with E-state index >= 15 is 0 Å². The van der Waals surface area contributed by atoms with Gasteiger partial charge in [-0.1, -0.05) is 39.0 Å². The minimum Gasteiger partial charge on any atom is -0.271 e. The average Bonchev–Trinajstić information content (AvgIpc) is 2.28. The third-order valence-corrected chi connectivity index (χ3v) is 3.02. The van der Waals surface area contributed by atoms with Crippen LogP contribution >= 0.6 is 0 Å². The van der Waals surface area contributed by atoms with Crippen LogP contribution in [-0.4, -0.2) is 4.98 Å². The van der Waals surface area contributed by atoms with Crippen LogP contribution in [0.5, 0.6) is 0 Å². The number of hydrogen-bond donors (Lipinski definition) is 2. The summed E-state index contributed by atoms with van der Waals surface area (Å²) in [7, 11) is 0. The molecule has 3 N–H and O–H groups in total. The monoisotopic (exact) mass is 229 g/mol. The molecule has 90 valence electrons. The number of hydrazine groups is 1. The summed E-state index contributed by atoms with van der Waals surface area (Å²) in [4.78, 5) is 4.37. The molecule has 3 heteroatoms. The smallest absolute Gasteiger partial charge is 0.0705 e. The van der Waals surface area contributed by atoms with Crippen molar-refractivity contribution in [1.82, 2.24) is 10.4 Å². The molecular formula is C14H19N3. The summed E-state index contributed by atoms with van der Waals surface area (Å²) in [6.07, 6.45) is 1.81. The van der Waals surface area contributed by atoms with Crippen LogP contribution in [0.1, 0.15) is 32.4 Å². The Bertz CT molecular complexity index is 509. The fourth-order valence-electron chi connectivity index (χ4n) is 2.19. The minimum absolute atomic E-state index is 0.0544. The second kappa shape index (κ2) is 4.43. The predicted octanol–water partition coefficient (Wildman–Crippen LogP) is 2.79. The van der Waals surface area contributed by atoms with Crippen LogP contribution in [0, 0.1) is 5.41 Å². The van der Waals surface area contributed by atoms with Crippen LogP contribution in [0.15, 0.2) is 36.5 Å². The molecule has 17 heavy (non-hydrogen) atoms. The second-order valence-corrected chi connectivity index (χ2v) is 5.38. The number of hydrogen-bond acceptors (Lipinski definition) is 3. The lowest BCUT2D eigenvalue weighted by atomic mass is 9.81. The van der Waals surface area contributed by atoms with E-state index in [1.807, 2.05) is 24.4 Å². The van der Waals surface area contributed by atoms with E-state index in [1.165, 1.54) is 5.56 Å². The van der Waals surface area contributed by atoms with E-state index in [9.17, 15) is 0 Å². The van der Waals surface area contributed by atoms with E-state index in [0.717, 1.165) is 10.9 Å². The fraction of sp³-hybridized carbons (Fsp3) is 0.357. The summed E-state index contributed by atoms with van der Waals surface area (Å²) in [6, 6.07) is 10.3. The minimum atomic E-state index is 0.0544. The maximum Gasteiger partial charge on any atom is 0.0705 e.